The molecule has 0 aliphatic carbocycles. The lowest BCUT2D eigenvalue weighted by molar-refractivity contribution is 0.126. The zero-order chi connectivity index (χ0) is 14.4. The average Bonchev–Trinajstić information content (AvgIpc) is 2.38. The van der Waals surface area contributed by atoms with Crippen LogP contribution in [0.1, 0.15) is 13.8 Å². The van der Waals surface area contributed by atoms with Crippen molar-refractivity contribution in [2.45, 2.75) is 20.0 Å². The number of anilines is 1. The van der Waals surface area contributed by atoms with Crippen LogP contribution in [-0.4, -0.2) is 30.9 Å². The highest BCUT2D eigenvalue weighted by atomic mass is 79.9. The summed E-state index contributed by atoms with van der Waals surface area (Å²) in [6.45, 7) is 4.00. The van der Waals surface area contributed by atoms with Crippen molar-refractivity contribution in [3.05, 3.63) is 22.7 Å². The van der Waals surface area contributed by atoms with Crippen molar-refractivity contribution in [2.75, 3.05) is 19.0 Å². The van der Waals surface area contributed by atoms with Gasteiger partial charge in [-0.15, -0.1) is 0 Å². The molecule has 106 valence electrons. The number of amides is 2. The molecule has 1 rings (SSSR count). The zero-order valence-electron chi connectivity index (χ0n) is 11.2. The van der Waals surface area contributed by atoms with Gasteiger partial charge in [0.15, 0.2) is 0 Å². The molecule has 5 nitrogen and oxygen atoms in total. The smallest absolute Gasteiger partial charge is 0.319 e. The molecule has 1 atom stereocenters. The lowest BCUT2D eigenvalue weighted by Gasteiger charge is -2.16. The second-order valence-corrected chi connectivity index (χ2v) is 5.35. The molecule has 0 aliphatic heterocycles. The predicted molar refractivity (Wildman–Crippen MR) is 78.6 cm³/mol. The summed E-state index contributed by atoms with van der Waals surface area (Å²) in [5.41, 5.74) is 0.607. The molecular formula is C13H19BrN2O3. The first-order chi connectivity index (χ1) is 8.93. The van der Waals surface area contributed by atoms with Crippen molar-refractivity contribution in [1.82, 2.24) is 5.32 Å². The molecule has 0 fully saturated rings. The van der Waals surface area contributed by atoms with Gasteiger partial charge in [0, 0.05) is 17.1 Å². The molecule has 2 amide bonds. The Kier molecular flexibility index (Phi) is 6.11. The molecule has 0 aromatic heterocycles. The van der Waals surface area contributed by atoms with E-state index in [1.807, 2.05) is 13.8 Å². The van der Waals surface area contributed by atoms with E-state index in [9.17, 15) is 9.90 Å². The van der Waals surface area contributed by atoms with E-state index in [-0.39, 0.29) is 18.5 Å². The van der Waals surface area contributed by atoms with Crippen LogP contribution in [0, 0.1) is 5.92 Å². The van der Waals surface area contributed by atoms with Gasteiger partial charge < -0.3 is 20.5 Å². The highest BCUT2D eigenvalue weighted by Crippen LogP contribution is 2.26. The lowest BCUT2D eigenvalue weighted by Crippen LogP contribution is -2.37. The molecule has 0 spiro atoms. The Bertz CT molecular complexity index is 438. The van der Waals surface area contributed by atoms with Gasteiger partial charge in [-0.25, -0.2) is 4.79 Å². The third-order valence-corrected chi connectivity index (χ3v) is 3.35. The average molecular weight is 331 g/mol. The van der Waals surface area contributed by atoms with E-state index in [2.05, 4.69) is 26.6 Å². The number of hydrogen-bond donors (Lipinski definition) is 3. The van der Waals surface area contributed by atoms with E-state index < -0.39 is 6.10 Å². The second-order valence-electron chi connectivity index (χ2n) is 4.49. The maximum Gasteiger partial charge on any atom is 0.319 e. The molecule has 19 heavy (non-hydrogen) atoms. The van der Waals surface area contributed by atoms with Crippen molar-refractivity contribution in [3.8, 4) is 5.75 Å². The maximum absolute atomic E-state index is 11.7. The monoisotopic (exact) mass is 330 g/mol. The number of aliphatic hydroxyl groups is 1. The van der Waals surface area contributed by atoms with Gasteiger partial charge in [-0.2, -0.15) is 0 Å². The van der Waals surface area contributed by atoms with Crippen molar-refractivity contribution >= 4 is 27.6 Å². The van der Waals surface area contributed by atoms with Crippen LogP contribution in [0.3, 0.4) is 0 Å². The van der Waals surface area contributed by atoms with E-state index in [1.54, 1.807) is 25.3 Å². The Balaban J connectivity index is 2.57. The molecule has 0 saturated carbocycles. The quantitative estimate of drug-likeness (QED) is 0.777. The van der Waals surface area contributed by atoms with Gasteiger partial charge in [0.25, 0.3) is 0 Å². The summed E-state index contributed by atoms with van der Waals surface area (Å²) < 4.78 is 5.85. The zero-order valence-corrected chi connectivity index (χ0v) is 12.8. The molecule has 0 radical (unpaired) electrons. The molecule has 0 aliphatic rings. The summed E-state index contributed by atoms with van der Waals surface area (Å²) in [6.07, 6.45) is -0.556. The molecule has 0 bridgehead atoms. The highest BCUT2D eigenvalue weighted by molar-refractivity contribution is 9.10. The first-order valence-corrected chi connectivity index (χ1v) is 6.79. The number of methoxy groups -OCH3 is 1. The van der Waals surface area contributed by atoms with Gasteiger partial charge in [0.05, 0.1) is 18.9 Å². The number of urea groups is 1. The molecular weight excluding hydrogens is 312 g/mol. The molecule has 6 heteroatoms. The fraction of sp³-hybridized carbons (Fsp3) is 0.462. The van der Waals surface area contributed by atoms with Crippen LogP contribution < -0.4 is 15.4 Å². The third-order valence-electron chi connectivity index (χ3n) is 2.66. The summed E-state index contributed by atoms with van der Waals surface area (Å²) in [5.74, 6) is 0.754. The minimum absolute atomic E-state index is 0.101. The molecule has 0 saturated heterocycles. The van der Waals surface area contributed by atoms with Crippen LogP contribution in [0.5, 0.6) is 5.75 Å². The maximum atomic E-state index is 11.7. The third kappa shape index (κ3) is 5.08. The Hall–Kier alpha value is -1.27. The van der Waals surface area contributed by atoms with Gasteiger partial charge >= 0.3 is 6.03 Å². The van der Waals surface area contributed by atoms with Crippen molar-refractivity contribution < 1.29 is 14.6 Å². The van der Waals surface area contributed by atoms with E-state index in [4.69, 9.17) is 4.74 Å². The van der Waals surface area contributed by atoms with E-state index in [0.717, 1.165) is 4.47 Å². The number of hydrogen-bond acceptors (Lipinski definition) is 3. The first-order valence-electron chi connectivity index (χ1n) is 6.00. The van der Waals surface area contributed by atoms with E-state index >= 15 is 0 Å². The van der Waals surface area contributed by atoms with Gasteiger partial charge in [-0.3, -0.25) is 0 Å². The van der Waals surface area contributed by atoms with Crippen LogP contribution in [0.4, 0.5) is 10.5 Å². The van der Waals surface area contributed by atoms with Crippen LogP contribution >= 0.6 is 15.9 Å². The number of rotatable bonds is 5. The number of nitrogens with one attached hydrogen (secondary N) is 2. The normalized spacial score (nSPS) is 12.1. The first kappa shape index (κ1) is 15.8. The Morgan fingerprint density at radius 1 is 1.47 bits per heavy atom. The number of carbonyl (C=O) groups is 1. The van der Waals surface area contributed by atoms with Crippen LogP contribution in [-0.2, 0) is 0 Å². The van der Waals surface area contributed by atoms with E-state index in [1.165, 1.54) is 0 Å². The molecule has 1 aromatic rings. The number of halogens is 1. The topological polar surface area (TPSA) is 70.6 Å². The summed E-state index contributed by atoms with van der Waals surface area (Å²) in [4.78, 5) is 11.7. The lowest BCUT2D eigenvalue weighted by atomic mass is 10.1. The van der Waals surface area contributed by atoms with Crippen molar-refractivity contribution in [3.63, 3.8) is 0 Å². The predicted octanol–water partition coefficient (Wildman–Crippen LogP) is 2.60. The minimum atomic E-state index is -0.556. The van der Waals surface area contributed by atoms with Crippen LogP contribution in [0.25, 0.3) is 0 Å². The second kappa shape index (κ2) is 7.35. The Morgan fingerprint density at radius 3 is 2.74 bits per heavy atom. The SMILES string of the molecule is COc1ccc(Br)c(NC(=O)NC[C@@H](O)C(C)C)c1. The van der Waals surface area contributed by atoms with Gasteiger partial charge in [-0.05, 0) is 34.0 Å². The van der Waals surface area contributed by atoms with E-state index in [0.29, 0.717) is 11.4 Å². The number of benzene rings is 1. The fourth-order valence-corrected chi connectivity index (χ4v) is 1.67. The molecule has 1 aromatic carbocycles. The number of aliphatic hydroxyl groups excluding tert-OH is 1. The standard InChI is InChI=1S/C13H19BrN2O3/c1-8(2)12(17)7-15-13(18)16-11-6-9(19-3)4-5-10(11)14/h4-6,8,12,17H,7H2,1-3H3,(H2,15,16,18)/t12-/m1/s1. The number of ether oxygens (including phenoxy) is 1. The molecule has 0 heterocycles. The Morgan fingerprint density at radius 2 is 2.16 bits per heavy atom. The van der Waals surface area contributed by atoms with Gasteiger partial charge in [-0.1, -0.05) is 13.8 Å². The molecule has 0 unspecified atom stereocenters. The summed E-state index contributed by atoms with van der Waals surface area (Å²) in [7, 11) is 1.56. The summed E-state index contributed by atoms with van der Waals surface area (Å²) in [6, 6.07) is 4.92. The largest absolute Gasteiger partial charge is 0.497 e. The summed E-state index contributed by atoms with van der Waals surface area (Å²) >= 11 is 3.34. The van der Waals surface area contributed by atoms with Gasteiger partial charge in [0.1, 0.15) is 5.75 Å². The fourth-order valence-electron chi connectivity index (χ4n) is 1.33. The van der Waals surface area contributed by atoms with Crippen LogP contribution in [0.2, 0.25) is 0 Å². The van der Waals surface area contributed by atoms with Crippen LogP contribution in [0.15, 0.2) is 22.7 Å². The van der Waals surface area contributed by atoms with Gasteiger partial charge in [0.2, 0.25) is 0 Å². The summed E-state index contributed by atoms with van der Waals surface area (Å²) in [5, 5.41) is 14.9. The van der Waals surface area contributed by atoms with Crippen molar-refractivity contribution in [2.24, 2.45) is 5.92 Å². The minimum Gasteiger partial charge on any atom is -0.497 e. The number of carbonyl (C=O) groups excluding carboxylic acids is 1. The Labute approximate surface area is 121 Å². The highest BCUT2D eigenvalue weighted by Gasteiger charge is 2.11. The van der Waals surface area contributed by atoms with Crippen molar-refractivity contribution in [1.29, 1.82) is 0 Å². The molecule has 3 N–H and O–H groups in total.